The Morgan fingerprint density at radius 3 is 1.95 bits per heavy atom. The number of halogens is 3. The lowest BCUT2D eigenvalue weighted by atomic mass is 9.76. The lowest BCUT2D eigenvalue weighted by Gasteiger charge is -2.31. The molecule has 2 rings (SSSR count). The first-order valence-corrected chi connectivity index (χ1v) is 6.22. The van der Waals surface area contributed by atoms with Gasteiger partial charge in [-0.3, -0.25) is 0 Å². The number of aliphatic hydroxyl groups is 1. The zero-order valence-corrected chi connectivity index (χ0v) is 11.2. The Bertz CT molecular complexity index is 585. The standard InChI is InChI=1S/C16H15F3O/c1-16(2,10-6-4-3-5-7-10)15(20)14-12(18)8-11(17)9-13(14)19/h3-9,15,20H,1-2H3. The summed E-state index contributed by atoms with van der Waals surface area (Å²) in [4.78, 5) is 0. The SMILES string of the molecule is CC(C)(c1ccccc1)C(O)c1c(F)cc(F)cc1F. The average Bonchev–Trinajstić information content (AvgIpc) is 2.38. The number of hydrogen-bond donors (Lipinski definition) is 1. The Hall–Kier alpha value is -1.81. The molecule has 2 aromatic rings. The lowest BCUT2D eigenvalue weighted by molar-refractivity contribution is 0.0924. The van der Waals surface area contributed by atoms with Crippen LogP contribution in [0.5, 0.6) is 0 Å². The van der Waals surface area contributed by atoms with Crippen LogP contribution in [0.15, 0.2) is 42.5 Å². The molecule has 0 aliphatic rings. The molecule has 1 unspecified atom stereocenters. The molecule has 20 heavy (non-hydrogen) atoms. The third-order valence-corrected chi connectivity index (χ3v) is 3.52. The van der Waals surface area contributed by atoms with E-state index in [2.05, 4.69) is 0 Å². The number of rotatable bonds is 3. The molecular weight excluding hydrogens is 265 g/mol. The summed E-state index contributed by atoms with van der Waals surface area (Å²) in [6.45, 7) is 3.35. The van der Waals surface area contributed by atoms with Gasteiger partial charge < -0.3 is 5.11 Å². The van der Waals surface area contributed by atoms with Gasteiger partial charge in [0.05, 0.1) is 11.7 Å². The van der Waals surface area contributed by atoms with E-state index < -0.39 is 34.5 Å². The molecule has 0 saturated carbocycles. The van der Waals surface area contributed by atoms with Gasteiger partial charge >= 0.3 is 0 Å². The molecular formula is C16H15F3O. The molecule has 1 nitrogen and oxygen atoms in total. The van der Waals surface area contributed by atoms with Crippen molar-refractivity contribution >= 4 is 0 Å². The second kappa shape index (κ2) is 5.29. The van der Waals surface area contributed by atoms with Crippen molar-refractivity contribution in [3.63, 3.8) is 0 Å². The largest absolute Gasteiger partial charge is 0.387 e. The topological polar surface area (TPSA) is 20.2 Å². The Labute approximate surface area is 115 Å². The normalized spacial score (nSPS) is 13.3. The zero-order chi connectivity index (χ0) is 14.9. The molecule has 1 atom stereocenters. The van der Waals surface area contributed by atoms with Crippen molar-refractivity contribution in [2.45, 2.75) is 25.4 Å². The molecule has 0 heterocycles. The summed E-state index contributed by atoms with van der Waals surface area (Å²) in [7, 11) is 0. The summed E-state index contributed by atoms with van der Waals surface area (Å²) in [5, 5.41) is 10.4. The van der Waals surface area contributed by atoms with Crippen LogP contribution in [0, 0.1) is 17.5 Å². The Morgan fingerprint density at radius 1 is 0.950 bits per heavy atom. The van der Waals surface area contributed by atoms with Gasteiger partial charge in [-0.15, -0.1) is 0 Å². The number of benzene rings is 2. The maximum Gasteiger partial charge on any atom is 0.134 e. The monoisotopic (exact) mass is 280 g/mol. The third-order valence-electron chi connectivity index (χ3n) is 3.52. The summed E-state index contributed by atoms with van der Waals surface area (Å²) in [6.07, 6.45) is -1.43. The van der Waals surface area contributed by atoms with Gasteiger partial charge in [-0.2, -0.15) is 0 Å². The van der Waals surface area contributed by atoms with Crippen molar-refractivity contribution in [1.29, 1.82) is 0 Å². The minimum absolute atomic E-state index is 0.514. The average molecular weight is 280 g/mol. The lowest BCUT2D eigenvalue weighted by Crippen LogP contribution is -2.28. The predicted molar refractivity (Wildman–Crippen MR) is 70.7 cm³/mol. The van der Waals surface area contributed by atoms with Gasteiger partial charge in [0, 0.05) is 17.5 Å². The van der Waals surface area contributed by atoms with Crippen LogP contribution in [0.2, 0.25) is 0 Å². The fourth-order valence-electron chi connectivity index (χ4n) is 2.20. The smallest absolute Gasteiger partial charge is 0.134 e. The quantitative estimate of drug-likeness (QED) is 0.897. The maximum atomic E-state index is 13.8. The summed E-state index contributed by atoms with van der Waals surface area (Å²) in [6, 6.07) is 10.0. The van der Waals surface area contributed by atoms with Crippen molar-refractivity contribution in [3.05, 3.63) is 71.0 Å². The first-order valence-electron chi connectivity index (χ1n) is 6.22. The second-order valence-corrected chi connectivity index (χ2v) is 5.27. The Kier molecular flexibility index (Phi) is 3.86. The van der Waals surface area contributed by atoms with Crippen LogP contribution >= 0.6 is 0 Å². The van der Waals surface area contributed by atoms with E-state index in [-0.39, 0.29) is 0 Å². The molecule has 2 aromatic carbocycles. The van der Waals surface area contributed by atoms with Crippen LogP contribution < -0.4 is 0 Å². The molecule has 0 saturated heterocycles. The van der Waals surface area contributed by atoms with Crippen molar-refractivity contribution in [3.8, 4) is 0 Å². The van der Waals surface area contributed by atoms with E-state index in [1.165, 1.54) is 0 Å². The van der Waals surface area contributed by atoms with Crippen LogP contribution in [0.25, 0.3) is 0 Å². The molecule has 0 amide bonds. The molecule has 0 bridgehead atoms. The fourth-order valence-corrected chi connectivity index (χ4v) is 2.20. The molecule has 0 spiro atoms. The van der Waals surface area contributed by atoms with Gasteiger partial charge in [-0.1, -0.05) is 44.2 Å². The van der Waals surface area contributed by atoms with Crippen molar-refractivity contribution in [2.75, 3.05) is 0 Å². The van der Waals surface area contributed by atoms with Gasteiger partial charge in [-0.25, -0.2) is 13.2 Å². The van der Waals surface area contributed by atoms with Gasteiger partial charge in [0.2, 0.25) is 0 Å². The van der Waals surface area contributed by atoms with Crippen LogP contribution in [0.4, 0.5) is 13.2 Å². The van der Waals surface area contributed by atoms with E-state index in [4.69, 9.17) is 0 Å². The molecule has 106 valence electrons. The molecule has 0 aliphatic heterocycles. The van der Waals surface area contributed by atoms with Gasteiger partial charge in [0.15, 0.2) is 0 Å². The van der Waals surface area contributed by atoms with Crippen molar-refractivity contribution < 1.29 is 18.3 Å². The number of hydrogen-bond acceptors (Lipinski definition) is 1. The van der Waals surface area contributed by atoms with Crippen molar-refractivity contribution in [1.82, 2.24) is 0 Å². The van der Waals surface area contributed by atoms with E-state index in [1.807, 2.05) is 6.07 Å². The van der Waals surface area contributed by atoms with E-state index in [9.17, 15) is 18.3 Å². The highest BCUT2D eigenvalue weighted by atomic mass is 19.1. The predicted octanol–water partition coefficient (Wildman–Crippen LogP) is 4.12. The van der Waals surface area contributed by atoms with Crippen LogP contribution in [0.3, 0.4) is 0 Å². The van der Waals surface area contributed by atoms with E-state index in [1.54, 1.807) is 38.1 Å². The third kappa shape index (κ3) is 2.56. The summed E-state index contributed by atoms with van der Waals surface area (Å²) in [5.74, 6) is -3.17. The Morgan fingerprint density at radius 2 is 1.45 bits per heavy atom. The van der Waals surface area contributed by atoms with Crippen LogP contribution in [-0.4, -0.2) is 5.11 Å². The number of aliphatic hydroxyl groups excluding tert-OH is 1. The van der Waals surface area contributed by atoms with E-state index >= 15 is 0 Å². The first-order chi connectivity index (χ1) is 9.34. The zero-order valence-electron chi connectivity index (χ0n) is 11.2. The van der Waals surface area contributed by atoms with Gasteiger partial charge in [-0.05, 0) is 5.56 Å². The molecule has 4 heteroatoms. The van der Waals surface area contributed by atoms with Crippen LogP contribution in [-0.2, 0) is 5.41 Å². The highest BCUT2D eigenvalue weighted by Gasteiger charge is 2.34. The van der Waals surface area contributed by atoms with Gasteiger partial charge in [0.25, 0.3) is 0 Å². The summed E-state index contributed by atoms with van der Waals surface area (Å²) in [5.41, 5.74) is -0.697. The molecule has 0 fully saturated rings. The van der Waals surface area contributed by atoms with Crippen LogP contribution in [0.1, 0.15) is 31.1 Å². The molecule has 0 radical (unpaired) electrons. The summed E-state index contributed by atoms with van der Waals surface area (Å²) >= 11 is 0. The second-order valence-electron chi connectivity index (χ2n) is 5.27. The van der Waals surface area contributed by atoms with E-state index in [0.29, 0.717) is 12.1 Å². The molecule has 0 aliphatic carbocycles. The van der Waals surface area contributed by atoms with E-state index in [0.717, 1.165) is 5.56 Å². The highest BCUT2D eigenvalue weighted by molar-refractivity contribution is 5.32. The molecule has 1 N–H and O–H groups in total. The fraction of sp³-hybridized carbons (Fsp3) is 0.250. The van der Waals surface area contributed by atoms with Crippen molar-refractivity contribution in [2.24, 2.45) is 0 Å². The highest BCUT2D eigenvalue weighted by Crippen LogP contribution is 2.38. The minimum atomic E-state index is -1.43. The summed E-state index contributed by atoms with van der Waals surface area (Å²) < 4.78 is 40.5. The maximum absolute atomic E-state index is 13.8. The van der Waals surface area contributed by atoms with Gasteiger partial charge in [0.1, 0.15) is 17.5 Å². The molecule has 0 aromatic heterocycles. The Balaban J connectivity index is 2.48. The minimum Gasteiger partial charge on any atom is -0.387 e. The first kappa shape index (κ1) is 14.6.